The van der Waals surface area contributed by atoms with E-state index in [1.807, 2.05) is 13.8 Å². The Kier molecular flexibility index (Phi) is 2.53. The number of aromatic hydroxyl groups is 1. The molecule has 17 heavy (non-hydrogen) atoms. The second-order valence-corrected chi connectivity index (χ2v) is 4.42. The largest absolute Gasteiger partial charge is 0.508 e. The maximum absolute atomic E-state index is 13.7. The van der Waals surface area contributed by atoms with Gasteiger partial charge in [0.15, 0.2) is 0 Å². The van der Waals surface area contributed by atoms with Crippen molar-refractivity contribution in [1.82, 2.24) is 0 Å². The Balaban J connectivity index is 2.76. The topological polar surface area (TPSA) is 37.3 Å². The van der Waals surface area contributed by atoms with Crippen LogP contribution in [0.25, 0.3) is 6.08 Å². The average Bonchev–Trinajstić information content (AvgIpc) is 2.23. The van der Waals surface area contributed by atoms with Crippen LogP contribution in [0.5, 0.6) is 5.75 Å². The van der Waals surface area contributed by atoms with Crippen LogP contribution in [0.3, 0.4) is 0 Å². The minimum Gasteiger partial charge on any atom is -0.508 e. The molecule has 0 aliphatic heterocycles. The smallest absolute Gasteiger partial charge is 0.335 e. The Bertz CT molecular complexity index is 516. The number of carbonyl (C=O) groups excluding carboxylic acids is 1. The van der Waals surface area contributed by atoms with Gasteiger partial charge in [-0.25, -0.2) is 0 Å². The van der Waals surface area contributed by atoms with Gasteiger partial charge in [-0.3, -0.25) is 4.79 Å². The van der Waals surface area contributed by atoms with Crippen molar-refractivity contribution in [2.45, 2.75) is 25.7 Å². The molecular formula is C13H12F2O2. The second kappa shape index (κ2) is 3.65. The Morgan fingerprint density at radius 2 is 1.88 bits per heavy atom. The monoisotopic (exact) mass is 238 g/mol. The second-order valence-electron chi connectivity index (χ2n) is 4.42. The van der Waals surface area contributed by atoms with Crippen LogP contribution in [-0.2, 0) is 10.7 Å². The number of phenolic OH excluding ortho intramolecular Hbond substituents is 1. The Labute approximate surface area is 97.6 Å². The molecule has 2 nitrogen and oxygen atoms in total. The van der Waals surface area contributed by atoms with E-state index in [2.05, 4.69) is 0 Å². The highest BCUT2D eigenvalue weighted by molar-refractivity contribution is 6.03. The first-order valence-electron chi connectivity index (χ1n) is 5.31. The van der Waals surface area contributed by atoms with Gasteiger partial charge in [-0.2, -0.15) is 8.78 Å². The summed E-state index contributed by atoms with van der Waals surface area (Å²) in [5.41, 5.74) is 0.541. The van der Waals surface area contributed by atoms with E-state index in [4.69, 9.17) is 0 Å². The van der Waals surface area contributed by atoms with Gasteiger partial charge in [-0.05, 0) is 35.3 Å². The van der Waals surface area contributed by atoms with E-state index in [-0.39, 0.29) is 11.7 Å². The highest BCUT2D eigenvalue weighted by Gasteiger charge is 2.43. The number of halogens is 2. The average molecular weight is 238 g/mol. The fourth-order valence-corrected chi connectivity index (χ4v) is 1.98. The maximum atomic E-state index is 13.7. The fraction of sp³-hybridized carbons (Fsp3) is 0.308. The molecule has 0 atom stereocenters. The van der Waals surface area contributed by atoms with Crippen molar-refractivity contribution in [2.75, 3.05) is 0 Å². The third kappa shape index (κ3) is 1.73. The third-order valence-corrected chi connectivity index (χ3v) is 2.87. The molecule has 0 aromatic heterocycles. The van der Waals surface area contributed by atoms with Crippen LogP contribution in [0, 0.1) is 0 Å². The van der Waals surface area contributed by atoms with Crippen molar-refractivity contribution >= 4 is 11.9 Å². The van der Waals surface area contributed by atoms with Crippen LogP contribution in [0.2, 0.25) is 0 Å². The van der Waals surface area contributed by atoms with E-state index in [0.29, 0.717) is 11.1 Å². The van der Waals surface area contributed by atoms with Gasteiger partial charge >= 0.3 is 5.92 Å². The zero-order valence-corrected chi connectivity index (χ0v) is 9.50. The first-order chi connectivity index (χ1) is 7.84. The summed E-state index contributed by atoms with van der Waals surface area (Å²) in [6.07, 6.45) is 2.29. The number of carbonyl (C=O) groups is 1. The van der Waals surface area contributed by atoms with Crippen molar-refractivity contribution in [3.8, 4) is 5.75 Å². The van der Waals surface area contributed by atoms with E-state index < -0.39 is 17.3 Å². The molecule has 0 fully saturated rings. The van der Waals surface area contributed by atoms with Gasteiger partial charge in [0.2, 0.25) is 5.78 Å². The van der Waals surface area contributed by atoms with Crippen molar-refractivity contribution in [3.63, 3.8) is 0 Å². The van der Waals surface area contributed by atoms with Crippen molar-refractivity contribution in [1.29, 1.82) is 0 Å². The fourth-order valence-electron chi connectivity index (χ4n) is 1.98. The van der Waals surface area contributed by atoms with Gasteiger partial charge in [0.05, 0.1) is 0 Å². The Morgan fingerprint density at radius 3 is 2.47 bits per heavy atom. The van der Waals surface area contributed by atoms with Crippen LogP contribution in [0.1, 0.15) is 36.5 Å². The summed E-state index contributed by atoms with van der Waals surface area (Å²) < 4.78 is 27.4. The van der Waals surface area contributed by atoms with Crippen LogP contribution in [0.4, 0.5) is 8.78 Å². The van der Waals surface area contributed by atoms with E-state index in [0.717, 1.165) is 12.1 Å². The molecule has 1 aliphatic carbocycles. The standard InChI is InChI=1S/C13H12F2O2/c1-7(2)10-5-8(16)6-11-9(10)3-4-12(17)13(11,14)15/h3-7,16H,1-2H3. The summed E-state index contributed by atoms with van der Waals surface area (Å²) in [6.45, 7) is 3.69. The van der Waals surface area contributed by atoms with Crippen LogP contribution in [-0.4, -0.2) is 10.9 Å². The predicted molar refractivity (Wildman–Crippen MR) is 60.1 cm³/mol. The van der Waals surface area contributed by atoms with Crippen LogP contribution in [0.15, 0.2) is 18.2 Å². The number of rotatable bonds is 1. The molecular weight excluding hydrogens is 226 g/mol. The van der Waals surface area contributed by atoms with Gasteiger partial charge < -0.3 is 5.11 Å². The van der Waals surface area contributed by atoms with Gasteiger partial charge in [0.1, 0.15) is 5.75 Å². The normalized spacial score (nSPS) is 17.4. The quantitative estimate of drug-likeness (QED) is 0.815. The van der Waals surface area contributed by atoms with Crippen LogP contribution >= 0.6 is 0 Å². The minimum absolute atomic E-state index is 0.00972. The molecule has 0 radical (unpaired) electrons. The molecule has 1 N–H and O–H groups in total. The highest BCUT2D eigenvalue weighted by Crippen LogP contribution is 2.41. The van der Waals surface area contributed by atoms with E-state index in [9.17, 15) is 18.7 Å². The Morgan fingerprint density at radius 1 is 1.24 bits per heavy atom. The van der Waals surface area contributed by atoms with Gasteiger partial charge in [-0.1, -0.05) is 19.9 Å². The number of alkyl halides is 2. The predicted octanol–water partition coefficient (Wildman–Crippen LogP) is 3.20. The van der Waals surface area contributed by atoms with Crippen molar-refractivity contribution < 1.29 is 18.7 Å². The molecule has 0 amide bonds. The van der Waals surface area contributed by atoms with E-state index in [1.165, 1.54) is 12.1 Å². The lowest BCUT2D eigenvalue weighted by Gasteiger charge is -2.23. The molecule has 0 heterocycles. The summed E-state index contributed by atoms with van der Waals surface area (Å²) in [4.78, 5) is 11.2. The molecule has 1 aromatic rings. The van der Waals surface area contributed by atoms with Crippen LogP contribution < -0.4 is 0 Å². The number of allylic oxidation sites excluding steroid dienone is 1. The van der Waals surface area contributed by atoms with Crippen molar-refractivity contribution in [2.24, 2.45) is 0 Å². The molecule has 0 saturated heterocycles. The molecule has 1 aromatic carbocycles. The summed E-state index contributed by atoms with van der Waals surface area (Å²) in [5.74, 6) is -5.04. The first kappa shape index (κ1) is 11.8. The summed E-state index contributed by atoms with van der Waals surface area (Å²) in [7, 11) is 0. The lowest BCUT2D eigenvalue weighted by atomic mass is 9.86. The van der Waals surface area contributed by atoms with E-state index >= 15 is 0 Å². The zero-order valence-electron chi connectivity index (χ0n) is 9.50. The number of benzene rings is 1. The molecule has 90 valence electrons. The Hall–Kier alpha value is -1.71. The molecule has 4 heteroatoms. The minimum atomic E-state index is -3.55. The highest BCUT2D eigenvalue weighted by atomic mass is 19.3. The van der Waals surface area contributed by atoms with E-state index in [1.54, 1.807) is 0 Å². The lowest BCUT2D eigenvalue weighted by Crippen LogP contribution is -2.28. The summed E-state index contributed by atoms with van der Waals surface area (Å²) in [5, 5.41) is 9.47. The van der Waals surface area contributed by atoms with Gasteiger partial charge in [0.25, 0.3) is 0 Å². The number of hydrogen-bond donors (Lipinski definition) is 1. The molecule has 0 saturated carbocycles. The number of phenols is 1. The van der Waals surface area contributed by atoms with Crippen molar-refractivity contribution in [3.05, 3.63) is 34.9 Å². The molecule has 0 bridgehead atoms. The number of fused-ring (bicyclic) bond motifs is 1. The molecule has 0 unspecified atom stereocenters. The molecule has 1 aliphatic rings. The summed E-state index contributed by atoms with van der Waals surface area (Å²) in [6, 6.07) is 2.42. The SMILES string of the molecule is CC(C)c1cc(O)cc2c1C=CC(=O)C2(F)F. The molecule has 2 rings (SSSR count). The first-order valence-corrected chi connectivity index (χ1v) is 5.31. The third-order valence-electron chi connectivity index (χ3n) is 2.87. The zero-order chi connectivity index (χ0) is 12.8. The number of ketones is 1. The maximum Gasteiger partial charge on any atom is 0.335 e. The van der Waals surface area contributed by atoms with Gasteiger partial charge in [0, 0.05) is 5.56 Å². The lowest BCUT2D eigenvalue weighted by molar-refractivity contribution is -0.139. The van der Waals surface area contributed by atoms with Gasteiger partial charge in [-0.15, -0.1) is 0 Å². The molecule has 0 spiro atoms. The summed E-state index contributed by atoms with van der Waals surface area (Å²) >= 11 is 0. The number of hydrogen-bond acceptors (Lipinski definition) is 2.